The Morgan fingerprint density at radius 3 is 2.95 bits per heavy atom. The Balaban J connectivity index is 2.18. The second-order valence-electron chi connectivity index (χ2n) is 5.87. The molecule has 0 bridgehead atoms. The van der Waals surface area contributed by atoms with Gasteiger partial charge >= 0.3 is 5.97 Å². The van der Waals surface area contributed by atoms with Crippen molar-refractivity contribution in [3.8, 4) is 0 Å². The van der Waals surface area contributed by atoms with Gasteiger partial charge in [-0.1, -0.05) is 6.92 Å². The van der Waals surface area contributed by atoms with Crippen LogP contribution < -0.4 is 5.56 Å². The average Bonchev–Trinajstić information content (AvgIpc) is 2.69. The average molecular weight is 320 g/mol. The third-order valence-electron chi connectivity index (χ3n) is 4.30. The Bertz CT molecular complexity index is 791. The van der Waals surface area contributed by atoms with Crippen LogP contribution in [-0.4, -0.2) is 22.1 Å². The third kappa shape index (κ3) is 2.45. The Kier molecular flexibility index (Phi) is 4.04. The standard InChI is InChI=1S/C16H20N2O3S/c1-4-21-16(20)13-10(3)12-14(22-13)17-11-6-5-9(2)7-8-18(11)15(12)19/h9H,4-8H2,1-3H3/t9-/m1/s1. The Morgan fingerprint density at radius 1 is 1.45 bits per heavy atom. The van der Waals surface area contributed by atoms with Gasteiger partial charge in [-0.25, -0.2) is 9.78 Å². The van der Waals surface area contributed by atoms with E-state index in [0.717, 1.165) is 25.1 Å². The lowest BCUT2D eigenvalue weighted by Crippen LogP contribution is -2.24. The second kappa shape index (κ2) is 5.83. The largest absolute Gasteiger partial charge is 0.462 e. The van der Waals surface area contributed by atoms with Gasteiger partial charge in [0.1, 0.15) is 15.5 Å². The highest BCUT2D eigenvalue weighted by Gasteiger charge is 2.23. The number of thiophene rings is 1. The summed E-state index contributed by atoms with van der Waals surface area (Å²) in [4.78, 5) is 30.7. The molecule has 0 amide bonds. The SMILES string of the molecule is CCOC(=O)c1sc2nc3n(c(=O)c2c1C)CC[C@H](C)CC3. The van der Waals surface area contributed by atoms with Crippen LogP contribution >= 0.6 is 11.3 Å². The van der Waals surface area contributed by atoms with E-state index in [1.807, 2.05) is 0 Å². The number of aromatic nitrogens is 2. The van der Waals surface area contributed by atoms with Crippen LogP contribution in [0.25, 0.3) is 10.2 Å². The first-order valence-corrected chi connectivity index (χ1v) is 8.54. The maximum atomic E-state index is 12.8. The van der Waals surface area contributed by atoms with E-state index in [9.17, 15) is 9.59 Å². The van der Waals surface area contributed by atoms with Gasteiger partial charge in [0.25, 0.3) is 5.56 Å². The lowest BCUT2D eigenvalue weighted by Gasteiger charge is -2.08. The van der Waals surface area contributed by atoms with Crippen molar-refractivity contribution in [2.24, 2.45) is 5.92 Å². The van der Waals surface area contributed by atoms with Crippen molar-refractivity contribution in [1.82, 2.24) is 9.55 Å². The quantitative estimate of drug-likeness (QED) is 0.798. The predicted molar refractivity (Wildman–Crippen MR) is 86.7 cm³/mol. The monoisotopic (exact) mass is 320 g/mol. The molecular weight excluding hydrogens is 300 g/mol. The minimum Gasteiger partial charge on any atom is -0.462 e. The van der Waals surface area contributed by atoms with E-state index >= 15 is 0 Å². The third-order valence-corrected chi connectivity index (χ3v) is 5.46. The van der Waals surface area contributed by atoms with Crippen LogP contribution in [0.2, 0.25) is 0 Å². The molecule has 0 N–H and O–H groups in total. The molecule has 5 nitrogen and oxygen atoms in total. The van der Waals surface area contributed by atoms with Crippen LogP contribution in [0.4, 0.5) is 0 Å². The zero-order valence-corrected chi connectivity index (χ0v) is 14.0. The predicted octanol–water partition coefficient (Wildman–Crippen LogP) is 2.92. The van der Waals surface area contributed by atoms with Crippen molar-refractivity contribution in [2.75, 3.05) is 6.61 Å². The van der Waals surface area contributed by atoms with Crippen molar-refractivity contribution >= 4 is 27.5 Å². The molecule has 1 aliphatic heterocycles. The normalized spacial score (nSPS) is 18.0. The molecule has 118 valence electrons. The highest BCUT2D eigenvalue weighted by atomic mass is 32.1. The molecular formula is C16H20N2O3S. The molecule has 3 rings (SSSR count). The Hall–Kier alpha value is -1.69. The van der Waals surface area contributed by atoms with E-state index in [0.29, 0.717) is 39.7 Å². The maximum Gasteiger partial charge on any atom is 0.348 e. The summed E-state index contributed by atoms with van der Waals surface area (Å²) in [6, 6.07) is 0. The number of carbonyl (C=O) groups is 1. The van der Waals surface area contributed by atoms with E-state index in [1.54, 1.807) is 18.4 Å². The fourth-order valence-electron chi connectivity index (χ4n) is 2.94. The van der Waals surface area contributed by atoms with Crippen LogP contribution in [0.3, 0.4) is 0 Å². The van der Waals surface area contributed by atoms with Gasteiger partial charge in [-0.05, 0) is 38.2 Å². The number of fused-ring (bicyclic) bond motifs is 2. The fourth-order valence-corrected chi connectivity index (χ4v) is 4.02. The number of ether oxygens (including phenoxy) is 1. The second-order valence-corrected chi connectivity index (χ2v) is 6.87. The summed E-state index contributed by atoms with van der Waals surface area (Å²) >= 11 is 1.27. The van der Waals surface area contributed by atoms with Gasteiger partial charge in [0.2, 0.25) is 0 Å². The molecule has 2 aromatic rings. The molecule has 0 saturated carbocycles. The van der Waals surface area contributed by atoms with Crippen LogP contribution in [0, 0.1) is 12.8 Å². The topological polar surface area (TPSA) is 61.2 Å². The van der Waals surface area contributed by atoms with Crippen molar-refractivity contribution < 1.29 is 9.53 Å². The fraction of sp³-hybridized carbons (Fsp3) is 0.562. The molecule has 0 aliphatic carbocycles. The molecule has 0 spiro atoms. The zero-order valence-electron chi connectivity index (χ0n) is 13.1. The molecule has 0 unspecified atom stereocenters. The summed E-state index contributed by atoms with van der Waals surface area (Å²) in [6.07, 6.45) is 2.86. The van der Waals surface area contributed by atoms with Crippen LogP contribution in [0.1, 0.15) is 47.7 Å². The molecule has 22 heavy (non-hydrogen) atoms. The minimum absolute atomic E-state index is 0.0154. The molecule has 1 aliphatic rings. The molecule has 1 atom stereocenters. The van der Waals surface area contributed by atoms with E-state index < -0.39 is 0 Å². The number of carbonyl (C=O) groups excluding carboxylic acids is 1. The number of nitrogens with zero attached hydrogens (tertiary/aromatic N) is 2. The van der Waals surface area contributed by atoms with Gasteiger partial charge in [0, 0.05) is 13.0 Å². The zero-order chi connectivity index (χ0) is 15.9. The summed E-state index contributed by atoms with van der Waals surface area (Å²) in [5.74, 6) is 1.09. The van der Waals surface area contributed by atoms with Crippen molar-refractivity contribution in [1.29, 1.82) is 0 Å². The Morgan fingerprint density at radius 2 is 2.23 bits per heavy atom. The van der Waals surface area contributed by atoms with Gasteiger partial charge in [0.15, 0.2) is 0 Å². The number of esters is 1. The molecule has 0 aromatic carbocycles. The molecule has 3 heterocycles. The van der Waals surface area contributed by atoms with E-state index in [4.69, 9.17) is 4.74 Å². The molecule has 0 radical (unpaired) electrons. The Labute approximate surface area is 132 Å². The van der Waals surface area contributed by atoms with Crippen molar-refractivity contribution in [3.05, 3.63) is 26.6 Å². The number of hydrogen-bond donors (Lipinski definition) is 0. The summed E-state index contributed by atoms with van der Waals surface area (Å²) in [5, 5.41) is 0.575. The van der Waals surface area contributed by atoms with Gasteiger partial charge in [-0.3, -0.25) is 9.36 Å². The van der Waals surface area contributed by atoms with Gasteiger partial charge < -0.3 is 4.74 Å². The molecule has 2 aromatic heterocycles. The molecule has 6 heteroatoms. The lowest BCUT2D eigenvalue weighted by molar-refractivity contribution is 0.0531. The number of hydrogen-bond acceptors (Lipinski definition) is 5. The summed E-state index contributed by atoms with van der Waals surface area (Å²) < 4.78 is 6.86. The first-order chi connectivity index (χ1) is 10.5. The van der Waals surface area contributed by atoms with E-state index in [2.05, 4.69) is 11.9 Å². The van der Waals surface area contributed by atoms with E-state index in [1.165, 1.54) is 11.3 Å². The first kappa shape index (κ1) is 15.2. The summed E-state index contributed by atoms with van der Waals surface area (Å²) in [5.41, 5.74) is 0.682. The van der Waals surface area contributed by atoms with Crippen molar-refractivity contribution in [3.63, 3.8) is 0 Å². The van der Waals surface area contributed by atoms with Gasteiger partial charge in [-0.15, -0.1) is 11.3 Å². The smallest absolute Gasteiger partial charge is 0.348 e. The minimum atomic E-state index is -0.365. The number of aryl methyl sites for hydroxylation is 2. The molecule has 0 saturated heterocycles. The van der Waals surface area contributed by atoms with E-state index in [-0.39, 0.29) is 11.5 Å². The van der Waals surface area contributed by atoms with Gasteiger partial charge in [0.05, 0.1) is 12.0 Å². The van der Waals surface area contributed by atoms with Crippen molar-refractivity contribution in [2.45, 2.75) is 46.6 Å². The van der Waals surface area contributed by atoms with Gasteiger partial charge in [-0.2, -0.15) is 0 Å². The maximum absolute atomic E-state index is 12.8. The van der Waals surface area contributed by atoms with Crippen LogP contribution in [-0.2, 0) is 17.7 Å². The highest BCUT2D eigenvalue weighted by molar-refractivity contribution is 7.20. The number of rotatable bonds is 2. The van der Waals surface area contributed by atoms with Crippen LogP contribution in [0.5, 0.6) is 0 Å². The summed E-state index contributed by atoms with van der Waals surface area (Å²) in [6.45, 7) is 6.83. The van der Waals surface area contributed by atoms with Crippen LogP contribution in [0.15, 0.2) is 4.79 Å². The highest BCUT2D eigenvalue weighted by Crippen LogP contribution is 2.29. The lowest BCUT2D eigenvalue weighted by atomic mass is 10.0. The summed E-state index contributed by atoms with van der Waals surface area (Å²) in [7, 11) is 0. The first-order valence-electron chi connectivity index (χ1n) is 7.72. The molecule has 0 fully saturated rings.